The fraction of sp³-hybridized carbons (Fsp3) is 0.483. The first kappa shape index (κ1) is 26.8. The Morgan fingerprint density at radius 2 is 1.76 bits per heavy atom. The lowest BCUT2D eigenvalue weighted by atomic mass is 10.1. The fourth-order valence-corrected chi connectivity index (χ4v) is 4.23. The number of hydrogen-bond donors (Lipinski definition) is 0. The van der Waals surface area contributed by atoms with Crippen LogP contribution in [0.25, 0.3) is 17.2 Å². The number of aromatic nitrogens is 1. The molecule has 0 saturated carbocycles. The highest BCUT2D eigenvalue weighted by Crippen LogP contribution is 2.23. The lowest BCUT2D eigenvalue weighted by Gasteiger charge is -2.36. The van der Waals surface area contributed by atoms with Gasteiger partial charge in [-0.25, -0.2) is 9.78 Å². The highest BCUT2D eigenvalue weighted by molar-refractivity contribution is 5.94. The average Bonchev–Trinajstić information content (AvgIpc) is 2.91. The SMILES string of the molecule is CC(C)(C)OC(=O)N1CCN(c2ccc(-c3ccc(/C=C/C(=O)COC4CCCCO4)cc3)cn2)CC1. The molecular formula is C29H37N3O5. The molecule has 0 N–H and O–H groups in total. The van der Waals surface area contributed by atoms with E-state index in [-0.39, 0.29) is 24.8 Å². The molecule has 1 aromatic carbocycles. The Hall–Kier alpha value is -3.23. The predicted octanol–water partition coefficient (Wildman–Crippen LogP) is 4.93. The van der Waals surface area contributed by atoms with Crippen LogP contribution >= 0.6 is 0 Å². The number of rotatable bonds is 7. The number of nitrogens with zero attached hydrogens (tertiary/aromatic N) is 3. The number of carbonyl (C=O) groups is 2. The Bertz CT molecular complexity index is 1060. The molecular weight excluding hydrogens is 470 g/mol. The fourth-order valence-electron chi connectivity index (χ4n) is 4.23. The summed E-state index contributed by atoms with van der Waals surface area (Å²) in [5.41, 5.74) is 2.52. The first-order chi connectivity index (χ1) is 17.8. The molecule has 0 radical (unpaired) electrons. The topological polar surface area (TPSA) is 81.2 Å². The number of benzene rings is 1. The third-order valence-electron chi connectivity index (χ3n) is 6.26. The minimum atomic E-state index is -0.490. The molecule has 2 aromatic rings. The third-order valence-corrected chi connectivity index (χ3v) is 6.26. The Kier molecular flexibility index (Phi) is 8.95. The van der Waals surface area contributed by atoms with Gasteiger partial charge in [0.2, 0.25) is 0 Å². The molecule has 0 aliphatic carbocycles. The van der Waals surface area contributed by atoms with E-state index < -0.39 is 5.60 Å². The van der Waals surface area contributed by atoms with Crippen molar-refractivity contribution in [3.63, 3.8) is 0 Å². The number of amides is 1. The molecule has 198 valence electrons. The number of anilines is 1. The van der Waals surface area contributed by atoms with Gasteiger partial charge in [0.25, 0.3) is 0 Å². The summed E-state index contributed by atoms with van der Waals surface area (Å²) in [4.78, 5) is 33.0. The summed E-state index contributed by atoms with van der Waals surface area (Å²) in [5, 5.41) is 0. The Morgan fingerprint density at radius 1 is 1.03 bits per heavy atom. The third kappa shape index (κ3) is 8.13. The molecule has 4 rings (SSSR count). The van der Waals surface area contributed by atoms with Crippen molar-refractivity contribution >= 4 is 23.8 Å². The van der Waals surface area contributed by atoms with Gasteiger partial charge in [0.05, 0.1) is 0 Å². The maximum Gasteiger partial charge on any atom is 0.410 e. The lowest BCUT2D eigenvalue weighted by molar-refractivity contribution is -0.167. The summed E-state index contributed by atoms with van der Waals surface area (Å²) in [6.45, 7) is 9.01. The van der Waals surface area contributed by atoms with Gasteiger partial charge in [0, 0.05) is 44.5 Å². The van der Waals surface area contributed by atoms with E-state index in [1.807, 2.05) is 57.3 Å². The molecule has 2 aliphatic heterocycles. The van der Waals surface area contributed by atoms with Crippen molar-refractivity contribution in [3.8, 4) is 11.1 Å². The first-order valence-electron chi connectivity index (χ1n) is 13.0. The van der Waals surface area contributed by atoms with E-state index in [4.69, 9.17) is 14.2 Å². The van der Waals surface area contributed by atoms with Gasteiger partial charge >= 0.3 is 6.09 Å². The van der Waals surface area contributed by atoms with Crippen LogP contribution in [0.15, 0.2) is 48.7 Å². The van der Waals surface area contributed by atoms with Crippen molar-refractivity contribution in [3.05, 3.63) is 54.2 Å². The van der Waals surface area contributed by atoms with Crippen molar-refractivity contribution in [2.45, 2.75) is 51.9 Å². The molecule has 3 heterocycles. The molecule has 1 aromatic heterocycles. The van der Waals surface area contributed by atoms with E-state index in [9.17, 15) is 9.59 Å². The molecule has 8 heteroatoms. The van der Waals surface area contributed by atoms with E-state index in [1.165, 1.54) is 0 Å². The summed E-state index contributed by atoms with van der Waals surface area (Å²) in [6, 6.07) is 12.1. The molecule has 2 saturated heterocycles. The van der Waals surface area contributed by atoms with Crippen LogP contribution in [0.2, 0.25) is 0 Å². The van der Waals surface area contributed by atoms with Gasteiger partial charge in [-0.15, -0.1) is 0 Å². The summed E-state index contributed by atoms with van der Waals surface area (Å²) >= 11 is 0. The van der Waals surface area contributed by atoms with Gasteiger partial charge in [-0.05, 0) is 69.4 Å². The number of hydrogen-bond acceptors (Lipinski definition) is 7. The highest BCUT2D eigenvalue weighted by atomic mass is 16.7. The van der Waals surface area contributed by atoms with Crippen LogP contribution in [0, 0.1) is 0 Å². The van der Waals surface area contributed by atoms with Gasteiger partial charge in [-0.1, -0.05) is 30.3 Å². The Labute approximate surface area is 219 Å². The van der Waals surface area contributed by atoms with Gasteiger partial charge < -0.3 is 24.0 Å². The van der Waals surface area contributed by atoms with E-state index in [0.717, 1.165) is 41.8 Å². The second kappa shape index (κ2) is 12.3. The largest absolute Gasteiger partial charge is 0.444 e. The van der Waals surface area contributed by atoms with Gasteiger partial charge in [0.1, 0.15) is 18.0 Å². The summed E-state index contributed by atoms with van der Waals surface area (Å²) < 4.78 is 16.5. The van der Waals surface area contributed by atoms with Crippen LogP contribution in [0.1, 0.15) is 45.6 Å². The zero-order valence-corrected chi connectivity index (χ0v) is 22.0. The molecule has 8 nitrogen and oxygen atoms in total. The van der Waals surface area contributed by atoms with Crippen LogP contribution in [0.5, 0.6) is 0 Å². The smallest absolute Gasteiger partial charge is 0.410 e. The van der Waals surface area contributed by atoms with Gasteiger partial charge in [-0.3, -0.25) is 4.79 Å². The minimum absolute atomic E-state index is 0.0350. The summed E-state index contributed by atoms with van der Waals surface area (Å²) in [5.74, 6) is 0.816. The number of piperazine rings is 1. The number of pyridine rings is 1. The highest BCUT2D eigenvalue weighted by Gasteiger charge is 2.26. The van der Waals surface area contributed by atoms with Crippen molar-refractivity contribution in [2.24, 2.45) is 0 Å². The maximum absolute atomic E-state index is 12.3. The molecule has 2 aliphatic rings. The van der Waals surface area contributed by atoms with Crippen LogP contribution in [-0.4, -0.2) is 73.0 Å². The van der Waals surface area contributed by atoms with E-state index in [0.29, 0.717) is 32.8 Å². The molecule has 2 fully saturated rings. The monoisotopic (exact) mass is 507 g/mol. The standard InChI is InChI=1S/C29H37N3O5/c1-29(2,3)37-28(34)32-17-15-31(16-18-32)26-14-12-24(20-30-26)23-10-7-22(8-11-23)9-13-25(33)21-36-27-6-4-5-19-35-27/h7-14,20,27H,4-6,15-19,21H2,1-3H3/b13-9+. The summed E-state index contributed by atoms with van der Waals surface area (Å²) in [6.07, 6.45) is 7.68. The second-order valence-electron chi connectivity index (χ2n) is 10.4. The van der Waals surface area contributed by atoms with Crippen molar-refractivity contribution in [1.29, 1.82) is 0 Å². The number of ketones is 1. The van der Waals surface area contributed by atoms with E-state index in [1.54, 1.807) is 17.1 Å². The van der Waals surface area contributed by atoms with Gasteiger partial charge in [0.15, 0.2) is 12.1 Å². The zero-order valence-electron chi connectivity index (χ0n) is 22.0. The number of carbonyl (C=O) groups excluding carboxylic acids is 2. The predicted molar refractivity (Wildman–Crippen MR) is 143 cm³/mol. The van der Waals surface area contributed by atoms with Crippen LogP contribution < -0.4 is 4.90 Å². The van der Waals surface area contributed by atoms with E-state index >= 15 is 0 Å². The van der Waals surface area contributed by atoms with E-state index in [2.05, 4.69) is 16.0 Å². The summed E-state index contributed by atoms with van der Waals surface area (Å²) in [7, 11) is 0. The maximum atomic E-state index is 12.3. The van der Waals surface area contributed by atoms with Crippen molar-refractivity contribution < 1.29 is 23.8 Å². The van der Waals surface area contributed by atoms with Crippen molar-refractivity contribution in [1.82, 2.24) is 9.88 Å². The minimum Gasteiger partial charge on any atom is -0.444 e. The van der Waals surface area contributed by atoms with Crippen molar-refractivity contribution in [2.75, 3.05) is 44.3 Å². The Balaban J connectivity index is 1.25. The molecule has 1 amide bonds. The van der Waals surface area contributed by atoms with Gasteiger partial charge in [-0.2, -0.15) is 0 Å². The zero-order chi connectivity index (χ0) is 26.3. The Morgan fingerprint density at radius 3 is 2.38 bits per heavy atom. The van der Waals surface area contributed by atoms with Crippen LogP contribution in [0.3, 0.4) is 0 Å². The first-order valence-corrected chi connectivity index (χ1v) is 13.0. The van der Waals surface area contributed by atoms with Crippen LogP contribution in [0.4, 0.5) is 10.6 Å². The normalized spacial score (nSPS) is 18.7. The number of ether oxygens (including phenoxy) is 3. The molecule has 0 spiro atoms. The lowest BCUT2D eigenvalue weighted by Crippen LogP contribution is -2.50. The average molecular weight is 508 g/mol. The molecule has 0 bridgehead atoms. The molecule has 37 heavy (non-hydrogen) atoms. The van der Waals surface area contributed by atoms with Crippen LogP contribution in [-0.2, 0) is 19.0 Å². The molecule has 1 atom stereocenters. The quantitative estimate of drug-likeness (QED) is 0.492. The molecule has 1 unspecified atom stereocenters. The second-order valence-corrected chi connectivity index (χ2v) is 10.4.